The molecule has 1 aromatic carbocycles. The maximum Gasteiger partial charge on any atom is 0.222 e. The van der Waals surface area contributed by atoms with Crippen LogP contribution in [0.1, 0.15) is 12.5 Å². The minimum absolute atomic E-state index is 0.793. The molecule has 0 aromatic heterocycles. The Balaban J connectivity index is 3.14. The monoisotopic (exact) mass is 253 g/mol. The predicted octanol–water partition coefficient (Wildman–Crippen LogP) is 2.32. The van der Waals surface area contributed by atoms with Gasteiger partial charge in [-0.1, -0.05) is 36.1 Å². The van der Waals surface area contributed by atoms with E-state index < -0.39 is 9.76 Å². The van der Waals surface area contributed by atoms with Crippen molar-refractivity contribution in [2.75, 3.05) is 7.11 Å². The molecule has 0 saturated carbocycles. The summed E-state index contributed by atoms with van der Waals surface area (Å²) in [5, 5.41) is 0.793. The highest BCUT2D eigenvalue weighted by molar-refractivity contribution is 6.38. The molecule has 0 aliphatic rings. The molecule has 1 rings (SSSR count). The SMILES string of the molecule is C=C=C=C=C=C(N=C(C)c1ccccc1)[SiH2]OC. The van der Waals surface area contributed by atoms with Gasteiger partial charge in [0.25, 0.3) is 0 Å². The lowest BCUT2D eigenvalue weighted by Gasteiger charge is -2.01. The Morgan fingerprint density at radius 1 is 1.28 bits per heavy atom. The van der Waals surface area contributed by atoms with Crippen LogP contribution in [0.5, 0.6) is 0 Å². The van der Waals surface area contributed by atoms with Gasteiger partial charge in [0.05, 0.1) is 5.32 Å². The molecule has 0 saturated heterocycles. The predicted molar refractivity (Wildman–Crippen MR) is 77.4 cm³/mol. The first-order valence-corrected chi connectivity index (χ1v) is 6.80. The number of rotatable bonds is 4. The molecule has 1 aromatic rings. The minimum atomic E-state index is -0.873. The normalized spacial score (nSPS) is 10.4. The van der Waals surface area contributed by atoms with E-state index in [0.717, 1.165) is 16.6 Å². The molecule has 0 fully saturated rings. The first-order chi connectivity index (χ1) is 8.77. The van der Waals surface area contributed by atoms with Crippen LogP contribution in [0.15, 0.2) is 70.1 Å². The van der Waals surface area contributed by atoms with Crippen molar-refractivity contribution in [1.29, 1.82) is 0 Å². The van der Waals surface area contributed by atoms with Crippen molar-refractivity contribution < 1.29 is 4.43 Å². The Labute approximate surface area is 110 Å². The highest BCUT2D eigenvalue weighted by atomic mass is 28.2. The Morgan fingerprint density at radius 2 is 2.00 bits per heavy atom. The van der Waals surface area contributed by atoms with Crippen LogP contribution in [-0.2, 0) is 4.43 Å². The smallest absolute Gasteiger partial charge is 0.222 e. The molecular formula is C15H15NOSi. The lowest BCUT2D eigenvalue weighted by atomic mass is 10.1. The first kappa shape index (κ1) is 14.0. The number of benzene rings is 1. The molecule has 2 nitrogen and oxygen atoms in total. The summed E-state index contributed by atoms with van der Waals surface area (Å²) in [6.45, 7) is 5.37. The maximum atomic E-state index is 5.20. The second-order valence-corrected chi connectivity index (χ2v) is 5.03. The molecule has 0 unspecified atom stereocenters. The third kappa shape index (κ3) is 4.84. The topological polar surface area (TPSA) is 21.6 Å². The molecule has 0 N–H and O–H groups in total. The van der Waals surface area contributed by atoms with Crippen LogP contribution in [-0.4, -0.2) is 22.6 Å². The van der Waals surface area contributed by atoms with Gasteiger partial charge in [0.2, 0.25) is 9.76 Å². The quantitative estimate of drug-likeness (QED) is 0.458. The van der Waals surface area contributed by atoms with E-state index in [4.69, 9.17) is 4.43 Å². The minimum Gasteiger partial charge on any atom is -0.419 e. The van der Waals surface area contributed by atoms with E-state index >= 15 is 0 Å². The van der Waals surface area contributed by atoms with Crippen molar-refractivity contribution in [3.05, 3.63) is 70.7 Å². The van der Waals surface area contributed by atoms with Gasteiger partial charge in [-0.15, -0.1) is 0 Å². The second-order valence-electron chi connectivity index (χ2n) is 3.49. The van der Waals surface area contributed by atoms with E-state index in [1.54, 1.807) is 7.11 Å². The van der Waals surface area contributed by atoms with Crippen molar-refractivity contribution in [1.82, 2.24) is 0 Å². The third-order valence-corrected chi connectivity index (χ3v) is 3.03. The lowest BCUT2D eigenvalue weighted by Crippen LogP contribution is -2.01. The van der Waals surface area contributed by atoms with Crippen LogP contribution in [0.3, 0.4) is 0 Å². The molecule has 0 aliphatic carbocycles. The fourth-order valence-electron chi connectivity index (χ4n) is 1.33. The van der Waals surface area contributed by atoms with Gasteiger partial charge in [0.1, 0.15) is 0 Å². The summed E-state index contributed by atoms with van der Waals surface area (Å²) >= 11 is 0. The molecule has 18 heavy (non-hydrogen) atoms. The van der Waals surface area contributed by atoms with Gasteiger partial charge in [-0.3, -0.25) is 4.99 Å². The van der Waals surface area contributed by atoms with Crippen LogP contribution < -0.4 is 0 Å². The van der Waals surface area contributed by atoms with Gasteiger partial charge >= 0.3 is 0 Å². The molecule has 0 aliphatic heterocycles. The maximum absolute atomic E-state index is 5.20. The summed E-state index contributed by atoms with van der Waals surface area (Å²) in [5.74, 6) is 0. The Hall–Kier alpha value is -2.07. The van der Waals surface area contributed by atoms with Crippen molar-refractivity contribution in [2.45, 2.75) is 6.92 Å². The van der Waals surface area contributed by atoms with Crippen molar-refractivity contribution in [2.24, 2.45) is 4.99 Å². The van der Waals surface area contributed by atoms with Crippen LogP contribution in [0, 0.1) is 0 Å². The molecule has 0 heterocycles. The summed E-state index contributed by atoms with van der Waals surface area (Å²) in [5.41, 5.74) is 12.8. The molecule has 3 heteroatoms. The number of nitrogens with zero attached hydrogens (tertiary/aromatic N) is 1. The highest BCUT2D eigenvalue weighted by Gasteiger charge is 1.99. The Bertz CT molecular complexity index is 578. The average molecular weight is 253 g/mol. The van der Waals surface area contributed by atoms with Crippen molar-refractivity contribution in [3.8, 4) is 0 Å². The summed E-state index contributed by atoms with van der Waals surface area (Å²) in [6.07, 6.45) is 0. The Kier molecular flexibility index (Phi) is 6.28. The summed E-state index contributed by atoms with van der Waals surface area (Å²) in [6, 6.07) is 10.0. The van der Waals surface area contributed by atoms with E-state index in [1.807, 2.05) is 37.3 Å². The van der Waals surface area contributed by atoms with Crippen LogP contribution >= 0.6 is 0 Å². The molecule has 0 radical (unpaired) electrons. The standard InChI is InChI=1S/C15H15NOSi/c1-4-5-7-12-15(18-17-3)16-13(2)14-10-8-6-9-11-14/h6,8-11H,1,18H2,2-3H3. The number of aliphatic imine (C=N–C) groups is 1. The van der Waals surface area contributed by atoms with E-state index in [0.29, 0.717) is 0 Å². The lowest BCUT2D eigenvalue weighted by molar-refractivity contribution is 0.447. The zero-order valence-corrected chi connectivity index (χ0v) is 12.1. The van der Waals surface area contributed by atoms with E-state index in [9.17, 15) is 0 Å². The van der Waals surface area contributed by atoms with Gasteiger partial charge in [0.15, 0.2) is 0 Å². The summed E-state index contributed by atoms with van der Waals surface area (Å²) in [4.78, 5) is 4.52. The van der Waals surface area contributed by atoms with Gasteiger partial charge in [-0.25, -0.2) is 0 Å². The van der Waals surface area contributed by atoms with Crippen molar-refractivity contribution >= 4 is 15.5 Å². The molecule has 90 valence electrons. The average Bonchev–Trinajstić information content (AvgIpc) is 2.40. The van der Waals surface area contributed by atoms with E-state index in [1.165, 1.54) is 0 Å². The summed E-state index contributed by atoms with van der Waals surface area (Å²) < 4.78 is 5.20. The van der Waals surface area contributed by atoms with E-state index in [2.05, 4.69) is 34.5 Å². The van der Waals surface area contributed by atoms with E-state index in [-0.39, 0.29) is 0 Å². The molecule has 0 bridgehead atoms. The highest BCUT2D eigenvalue weighted by Crippen LogP contribution is 2.03. The first-order valence-electron chi connectivity index (χ1n) is 5.51. The molecular weight excluding hydrogens is 238 g/mol. The zero-order valence-electron chi connectivity index (χ0n) is 10.7. The van der Waals surface area contributed by atoms with Gasteiger partial charge < -0.3 is 4.43 Å². The summed E-state index contributed by atoms with van der Waals surface area (Å²) in [7, 11) is 0.802. The van der Waals surface area contributed by atoms with Crippen molar-refractivity contribution in [3.63, 3.8) is 0 Å². The van der Waals surface area contributed by atoms with Crippen LogP contribution in [0.2, 0.25) is 0 Å². The van der Waals surface area contributed by atoms with Gasteiger partial charge in [-0.2, -0.15) is 0 Å². The largest absolute Gasteiger partial charge is 0.419 e. The molecule has 0 atom stereocenters. The van der Waals surface area contributed by atoms with Crippen LogP contribution in [0.25, 0.3) is 0 Å². The van der Waals surface area contributed by atoms with Gasteiger partial charge in [-0.05, 0) is 36.3 Å². The number of hydrogen-bond acceptors (Lipinski definition) is 2. The molecule has 0 amide bonds. The second kappa shape index (κ2) is 8.08. The molecule has 0 spiro atoms. The van der Waals surface area contributed by atoms with Gasteiger partial charge in [0, 0.05) is 12.8 Å². The fraction of sp³-hybridized carbons (Fsp3) is 0.133. The third-order valence-electron chi connectivity index (χ3n) is 2.13. The number of hydrogen-bond donors (Lipinski definition) is 0. The Morgan fingerprint density at radius 3 is 2.61 bits per heavy atom. The van der Waals surface area contributed by atoms with Crippen LogP contribution in [0.4, 0.5) is 0 Å². The fourth-order valence-corrected chi connectivity index (χ4v) is 2.06. The zero-order chi connectivity index (χ0) is 13.2.